The second-order valence-electron chi connectivity index (χ2n) is 6.75. The van der Waals surface area contributed by atoms with Gasteiger partial charge in [0.05, 0.1) is 0 Å². The summed E-state index contributed by atoms with van der Waals surface area (Å²) in [5, 5.41) is 0. The average molecular weight is 254 g/mol. The summed E-state index contributed by atoms with van der Waals surface area (Å²) < 4.78 is 5.51. The normalized spacial score (nSPS) is 32.2. The van der Waals surface area contributed by atoms with E-state index in [1.807, 2.05) is 25.7 Å². The molecule has 2 atom stereocenters. The molecule has 1 aliphatic heterocycles. The van der Waals surface area contributed by atoms with Gasteiger partial charge in [0.25, 0.3) is 0 Å². The molecule has 2 fully saturated rings. The molecule has 1 saturated carbocycles. The zero-order valence-electron chi connectivity index (χ0n) is 11.9. The van der Waals surface area contributed by atoms with Crippen LogP contribution in [0, 0.1) is 5.41 Å². The molecule has 0 aromatic rings. The van der Waals surface area contributed by atoms with Gasteiger partial charge in [0, 0.05) is 18.0 Å². The van der Waals surface area contributed by atoms with E-state index in [1.165, 1.54) is 12.8 Å². The van der Waals surface area contributed by atoms with Gasteiger partial charge in [-0.2, -0.15) is 0 Å². The molecule has 4 nitrogen and oxygen atoms in total. The fourth-order valence-electron chi connectivity index (χ4n) is 3.44. The molecular formula is C14H26N2O2. The lowest BCUT2D eigenvalue weighted by molar-refractivity contribution is 0.0112. The van der Waals surface area contributed by atoms with Crippen molar-refractivity contribution in [2.24, 2.45) is 11.1 Å². The Bertz CT molecular complexity index is 324. The van der Waals surface area contributed by atoms with Gasteiger partial charge in [-0.15, -0.1) is 0 Å². The summed E-state index contributed by atoms with van der Waals surface area (Å²) in [7, 11) is 0. The van der Waals surface area contributed by atoms with Gasteiger partial charge in [-0.1, -0.05) is 12.8 Å². The van der Waals surface area contributed by atoms with Gasteiger partial charge in [-0.3, -0.25) is 0 Å². The molecule has 2 rings (SSSR count). The second kappa shape index (κ2) is 4.72. The van der Waals surface area contributed by atoms with E-state index in [-0.39, 0.29) is 11.5 Å². The van der Waals surface area contributed by atoms with Crippen molar-refractivity contribution >= 4 is 6.09 Å². The monoisotopic (exact) mass is 254 g/mol. The first kappa shape index (κ1) is 13.7. The average Bonchev–Trinajstić information content (AvgIpc) is 2.66. The van der Waals surface area contributed by atoms with Crippen LogP contribution in [-0.2, 0) is 4.74 Å². The summed E-state index contributed by atoms with van der Waals surface area (Å²) >= 11 is 0. The Hall–Kier alpha value is -0.770. The molecule has 0 aromatic carbocycles. The van der Waals surface area contributed by atoms with Crippen molar-refractivity contribution in [3.63, 3.8) is 0 Å². The van der Waals surface area contributed by atoms with Crippen molar-refractivity contribution in [2.45, 2.75) is 64.5 Å². The van der Waals surface area contributed by atoms with Crippen LogP contribution in [-0.4, -0.2) is 35.7 Å². The molecule has 1 saturated heterocycles. The Morgan fingerprint density at radius 1 is 1.39 bits per heavy atom. The van der Waals surface area contributed by atoms with E-state index in [4.69, 9.17) is 10.5 Å². The van der Waals surface area contributed by atoms with Gasteiger partial charge >= 0.3 is 6.09 Å². The summed E-state index contributed by atoms with van der Waals surface area (Å²) in [5.74, 6) is 0. The maximum absolute atomic E-state index is 12.2. The molecule has 104 valence electrons. The largest absolute Gasteiger partial charge is 0.444 e. The Morgan fingerprint density at radius 2 is 2.11 bits per heavy atom. The number of nitrogens with zero attached hydrogens (tertiary/aromatic N) is 1. The summed E-state index contributed by atoms with van der Waals surface area (Å²) in [6.45, 7) is 7.24. The third kappa shape index (κ3) is 2.48. The predicted molar refractivity (Wildman–Crippen MR) is 71.3 cm³/mol. The Balaban J connectivity index is 2.09. The Morgan fingerprint density at radius 3 is 2.72 bits per heavy atom. The number of rotatable bonds is 1. The Labute approximate surface area is 110 Å². The first-order chi connectivity index (χ1) is 8.38. The van der Waals surface area contributed by atoms with Crippen molar-refractivity contribution in [1.29, 1.82) is 0 Å². The van der Waals surface area contributed by atoms with Crippen LogP contribution in [0.5, 0.6) is 0 Å². The third-order valence-corrected chi connectivity index (χ3v) is 4.37. The molecule has 1 heterocycles. The summed E-state index contributed by atoms with van der Waals surface area (Å²) in [6, 6.07) is 0.297. The quantitative estimate of drug-likeness (QED) is 0.782. The van der Waals surface area contributed by atoms with Gasteiger partial charge in [-0.25, -0.2) is 4.79 Å². The fraction of sp³-hybridized carbons (Fsp3) is 0.929. The SMILES string of the molecule is CC(C)(C)OC(=O)N1CCC2(CN)CCCCC12. The maximum atomic E-state index is 12.2. The topological polar surface area (TPSA) is 55.6 Å². The molecule has 1 amide bonds. The van der Waals surface area contributed by atoms with Crippen molar-refractivity contribution in [3.05, 3.63) is 0 Å². The first-order valence-electron chi connectivity index (χ1n) is 7.08. The number of nitrogens with two attached hydrogens (primary N) is 1. The van der Waals surface area contributed by atoms with E-state index in [2.05, 4.69) is 0 Å². The zero-order valence-corrected chi connectivity index (χ0v) is 11.9. The van der Waals surface area contributed by atoms with E-state index in [1.54, 1.807) is 0 Å². The highest BCUT2D eigenvalue weighted by Crippen LogP contribution is 2.46. The number of amides is 1. The molecule has 2 N–H and O–H groups in total. The van der Waals surface area contributed by atoms with Crippen LogP contribution in [0.4, 0.5) is 4.79 Å². The number of fused-ring (bicyclic) bond motifs is 1. The van der Waals surface area contributed by atoms with Crippen LogP contribution in [0.1, 0.15) is 52.9 Å². The number of carbonyl (C=O) groups excluding carboxylic acids is 1. The van der Waals surface area contributed by atoms with E-state index < -0.39 is 5.60 Å². The van der Waals surface area contributed by atoms with E-state index in [0.717, 1.165) is 25.8 Å². The highest BCUT2D eigenvalue weighted by Gasteiger charge is 2.49. The standard InChI is InChI=1S/C14H26N2O2/c1-13(2,3)18-12(17)16-9-8-14(10-15)7-5-4-6-11(14)16/h11H,4-10,15H2,1-3H3. The maximum Gasteiger partial charge on any atom is 0.410 e. The lowest BCUT2D eigenvalue weighted by atomic mass is 9.70. The van der Waals surface area contributed by atoms with Gasteiger partial charge in [-0.05, 0) is 46.6 Å². The molecule has 2 unspecified atom stereocenters. The molecule has 18 heavy (non-hydrogen) atoms. The van der Waals surface area contributed by atoms with Crippen molar-refractivity contribution < 1.29 is 9.53 Å². The van der Waals surface area contributed by atoms with Crippen molar-refractivity contribution in [1.82, 2.24) is 4.90 Å². The minimum absolute atomic E-state index is 0.162. The van der Waals surface area contributed by atoms with Crippen molar-refractivity contribution in [3.8, 4) is 0 Å². The zero-order chi connectivity index (χ0) is 13.4. The van der Waals surface area contributed by atoms with Gasteiger partial charge < -0.3 is 15.4 Å². The molecule has 0 spiro atoms. The van der Waals surface area contributed by atoms with Gasteiger partial charge in [0.2, 0.25) is 0 Å². The van der Waals surface area contributed by atoms with Gasteiger partial charge in [0.15, 0.2) is 0 Å². The summed E-state index contributed by atoms with van der Waals surface area (Å²) in [4.78, 5) is 14.2. The number of likely N-dealkylation sites (tertiary alicyclic amines) is 1. The van der Waals surface area contributed by atoms with Crippen molar-refractivity contribution in [2.75, 3.05) is 13.1 Å². The molecule has 1 aliphatic carbocycles. The third-order valence-electron chi connectivity index (χ3n) is 4.37. The smallest absolute Gasteiger partial charge is 0.410 e. The fourth-order valence-corrected chi connectivity index (χ4v) is 3.44. The predicted octanol–water partition coefficient (Wildman–Crippen LogP) is 2.51. The van der Waals surface area contributed by atoms with E-state index in [0.29, 0.717) is 12.6 Å². The van der Waals surface area contributed by atoms with Crippen LogP contribution in [0.15, 0.2) is 0 Å². The molecule has 0 radical (unpaired) electrons. The van der Waals surface area contributed by atoms with Crippen LogP contribution in [0.25, 0.3) is 0 Å². The molecule has 0 aromatic heterocycles. The lowest BCUT2D eigenvalue weighted by Crippen LogP contribution is -2.49. The molecule has 2 aliphatic rings. The number of hydrogen-bond donors (Lipinski definition) is 1. The highest BCUT2D eigenvalue weighted by molar-refractivity contribution is 5.69. The van der Waals surface area contributed by atoms with Crippen LogP contribution in [0.2, 0.25) is 0 Å². The lowest BCUT2D eigenvalue weighted by Gasteiger charge is -2.41. The number of hydrogen-bond acceptors (Lipinski definition) is 3. The molecular weight excluding hydrogens is 228 g/mol. The Kier molecular flexibility index (Phi) is 3.58. The number of carbonyl (C=O) groups is 1. The van der Waals surface area contributed by atoms with E-state index >= 15 is 0 Å². The molecule has 4 heteroatoms. The second-order valence-corrected chi connectivity index (χ2v) is 6.75. The van der Waals surface area contributed by atoms with Gasteiger partial charge in [0.1, 0.15) is 5.60 Å². The van der Waals surface area contributed by atoms with Crippen LogP contribution >= 0.6 is 0 Å². The van der Waals surface area contributed by atoms with Crippen LogP contribution in [0.3, 0.4) is 0 Å². The summed E-state index contributed by atoms with van der Waals surface area (Å²) in [6.07, 6.45) is 5.56. The highest BCUT2D eigenvalue weighted by atomic mass is 16.6. The summed E-state index contributed by atoms with van der Waals surface area (Å²) in [5.41, 5.74) is 5.73. The minimum Gasteiger partial charge on any atom is -0.444 e. The van der Waals surface area contributed by atoms with Crippen LogP contribution < -0.4 is 5.73 Å². The number of ether oxygens (including phenoxy) is 1. The van der Waals surface area contributed by atoms with E-state index in [9.17, 15) is 4.79 Å². The minimum atomic E-state index is -0.417. The first-order valence-corrected chi connectivity index (χ1v) is 7.08. The molecule has 0 bridgehead atoms.